The third kappa shape index (κ3) is 7.34. The van der Waals surface area contributed by atoms with Gasteiger partial charge >= 0.3 is 0 Å². The van der Waals surface area contributed by atoms with Gasteiger partial charge < -0.3 is 25.6 Å². The second-order valence-electron chi connectivity index (χ2n) is 5.61. The Hall–Kier alpha value is -2.23. The van der Waals surface area contributed by atoms with E-state index in [4.69, 9.17) is 0 Å². The number of aromatic nitrogens is 1. The molecule has 0 atom stereocenters. The fourth-order valence-corrected chi connectivity index (χ4v) is 2.24. The van der Waals surface area contributed by atoms with E-state index in [1.165, 1.54) is 12.1 Å². The number of aryl methyl sites for hydroxylation is 1. The van der Waals surface area contributed by atoms with E-state index in [0.717, 1.165) is 12.1 Å². The van der Waals surface area contributed by atoms with Crippen LogP contribution < -0.4 is 16.0 Å². The first-order valence-electron chi connectivity index (χ1n) is 8.28. The van der Waals surface area contributed by atoms with Crippen LogP contribution in [-0.2, 0) is 13.6 Å². The predicted molar refractivity (Wildman–Crippen MR) is 114 cm³/mol. The van der Waals surface area contributed by atoms with Crippen LogP contribution >= 0.6 is 24.0 Å². The highest BCUT2D eigenvalue weighted by Gasteiger charge is 2.04. The van der Waals surface area contributed by atoms with Gasteiger partial charge in [-0.25, -0.2) is 4.99 Å². The molecular weight excluding hydrogens is 445 g/mol. The molecule has 26 heavy (non-hydrogen) atoms. The van der Waals surface area contributed by atoms with Gasteiger partial charge in [-0.15, -0.1) is 24.0 Å². The van der Waals surface area contributed by atoms with E-state index >= 15 is 0 Å². The maximum atomic E-state index is 12.0. The first kappa shape index (κ1) is 21.8. The summed E-state index contributed by atoms with van der Waals surface area (Å²) in [4.78, 5) is 16.5. The number of carbonyl (C=O) groups is 1. The lowest BCUT2D eigenvalue weighted by molar-refractivity contribution is 0.0954. The topological polar surface area (TPSA) is 90.7 Å². The molecule has 1 amide bonds. The number of phenolic OH excluding ortho intramolecular Hbond substituents is 1. The van der Waals surface area contributed by atoms with Gasteiger partial charge in [-0.2, -0.15) is 0 Å². The third-order valence-corrected chi connectivity index (χ3v) is 3.49. The minimum absolute atomic E-state index is 0. The zero-order valence-electron chi connectivity index (χ0n) is 15.0. The number of aromatic hydroxyl groups is 1. The number of rotatable bonds is 7. The van der Waals surface area contributed by atoms with Gasteiger partial charge in [-0.1, -0.05) is 0 Å². The van der Waals surface area contributed by atoms with Crippen molar-refractivity contribution in [3.05, 3.63) is 53.9 Å². The van der Waals surface area contributed by atoms with E-state index in [0.29, 0.717) is 31.2 Å². The molecule has 8 heteroatoms. The number of phenols is 1. The monoisotopic (exact) mass is 471 g/mol. The van der Waals surface area contributed by atoms with Crippen molar-refractivity contribution in [2.45, 2.75) is 13.5 Å². The van der Waals surface area contributed by atoms with Crippen LogP contribution in [0, 0.1) is 0 Å². The number of aliphatic imine (C=N–C) groups is 1. The summed E-state index contributed by atoms with van der Waals surface area (Å²) in [5.41, 5.74) is 1.66. The highest BCUT2D eigenvalue weighted by molar-refractivity contribution is 14.0. The zero-order valence-corrected chi connectivity index (χ0v) is 17.4. The number of amides is 1. The van der Waals surface area contributed by atoms with Gasteiger partial charge in [0.05, 0.1) is 6.54 Å². The highest BCUT2D eigenvalue weighted by Crippen LogP contribution is 2.09. The fourth-order valence-electron chi connectivity index (χ4n) is 2.24. The number of carbonyl (C=O) groups excluding carboxylic acids is 1. The van der Waals surface area contributed by atoms with Gasteiger partial charge in [-0.3, -0.25) is 4.79 Å². The quantitative estimate of drug-likeness (QED) is 0.215. The van der Waals surface area contributed by atoms with E-state index < -0.39 is 0 Å². The van der Waals surface area contributed by atoms with Crippen molar-refractivity contribution < 1.29 is 9.90 Å². The standard InChI is InChI=1S/C18H25N5O2.HI/c1-3-19-18(22-12-14-8-11-23(2)13-14)21-10-9-20-17(25)15-4-6-16(24)7-5-15;/h4-8,11,13,24H,3,9-10,12H2,1-2H3,(H,20,25)(H2,19,21,22);1H. The summed E-state index contributed by atoms with van der Waals surface area (Å²) in [5.74, 6) is 0.682. The smallest absolute Gasteiger partial charge is 0.251 e. The van der Waals surface area contributed by atoms with Crippen LogP contribution in [0.25, 0.3) is 0 Å². The van der Waals surface area contributed by atoms with E-state index in [2.05, 4.69) is 20.9 Å². The van der Waals surface area contributed by atoms with Crippen molar-refractivity contribution in [2.75, 3.05) is 19.6 Å². The predicted octanol–water partition coefficient (Wildman–Crippen LogP) is 1.83. The molecule has 0 bridgehead atoms. The van der Waals surface area contributed by atoms with Crippen LogP contribution in [0.2, 0.25) is 0 Å². The molecule has 0 aliphatic carbocycles. The van der Waals surface area contributed by atoms with Crippen LogP contribution in [0.15, 0.2) is 47.7 Å². The molecule has 2 aromatic rings. The molecule has 2 rings (SSSR count). The molecule has 0 radical (unpaired) electrons. The van der Waals surface area contributed by atoms with Crippen molar-refractivity contribution in [1.82, 2.24) is 20.5 Å². The normalized spacial score (nSPS) is 10.8. The summed E-state index contributed by atoms with van der Waals surface area (Å²) in [7, 11) is 1.98. The summed E-state index contributed by atoms with van der Waals surface area (Å²) in [6.07, 6.45) is 4.02. The van der Waals surface area contributed by atoms with Gasteiger partial charge in [0.15, 0.2) is 5.96 Å². The Balaban J connectivity index is 0.00000338. The third-order valence-electron chi connectivity index (χ3n) is 3.49. The minimum Gasteiger partial charge on any atom is -0.508 e. The number of hydrogen-bond acceptors (Lipinski definition) is 3. The van der Waals surface area contributed by atoms with Crippen LogP contribution in [0.5, 0.6) is 5.75 Å². The Labute approximate surface area is 170 Å². The average molecular weight is 471 g/mol. The molecule has 4 N–H and O–H groups in total. The molecule has 1 aromatic carbocycles. The number of nitrogens with one attached hydrogen (secondary N) is 3. The van der Waals surface area contributed by atoms with Crippen LogP contribution in [0.3, 0.4) is 0 Å². The van der Waals surface area contributed by atoms with Crippen molar-refractivity contribution in [3.8, 4) is 5.75 Å². The van der Waals surface area contributed by atoms with Crippen LogP contribution in [-0.4, -0.2) is 41.2 Å². The van der Waals surface area contributed by atoms with Gasteiger partial charge in [-0.05, 0) is 42.8 Å². The Morgan fingerprint density at radius 1 is 1.12 bits per heavy atom. The van der Waals surface area contributed by atoms with Crippen molar-refractivity contribution in [3.63, 3.8) is 0 Å². The molecule has 0 aliphatic rings. The molecule has 0 aliphatic heterocycles. The van der Waals surface area contributed by atoms with E-state index in [1.54, 1.807) is 12.1 Å². The van der Waals surface area contributed by atoms with Gasteiger partial charge in [0, 0.05) is 44.6 Å². The van der Waals surface area contributed by atoms with Crippen molar-refractivity contribution >= 4 is 35.8 Å². The molecule has 0 saturated carbocycles. The summed E-state index contributed by atoms with van der Waals surface area (Å²) in [6, 6.07) is 8.19. The van der Waals surface area contributed by atoms with Crippen molar-refractivity contribution in [1.29, 1.82) is 0 Å². The number of nitrogens with zero attached hydrogens (tertiary/aromatic N) is 2. The summed E-state index contributed by atoms with van der Waals surface area (Å²) in [5, 5.41) is 18.4. The first-order valence-corrected chi connectivity index (χ1v) is 8.28. The van der Waals surface area contributed by atoms with Gasteiger partial charge in [0.1, 0.15) is 5.75 Å². The first-order chi connectivity index (χ1) is 12.1. The van der Waals surface area contributed by atoms with E-state index in [1.807, 2.05) is 37.0 Å². The van der Waals surface area contributed by atoms with E-state index in [9.17, 15) is 9.90 Å². The van der Waals surface area contributed by atoms with Crippen LogP contribution in [0.1, 0.15) is 22.8 Å². The lowest BCUT2D eigenvalue weighted by Crippen LogP contribution is -2.41. The molecule has 142 valence electrons. The zero-order chi connectivity index (χ0) is 18.1. The largest absolute Gasteiger partial charge is 0.508 e. The summed E-state index contributed by atoms with van der Waals surface area (Å²) in [6.45, 7) is 4.39. The number of guanidine groups is 1. The van der Waals surface area contributed by atoms with Gasteiger partial charge in [0.2, 0.25) is 0 Å². The molecule has 1 heterocycles. The Morgan fingerprint density at radius 3 is 2.42 bits per heavy atom. The minimum atomic E-state index is -0.173. The number of benzene rings is 1. The lowest BCUT2D eigenvalue weighted by atomic mass is 10.2. The average Bonchev–Trinajstić information content (AvgIpc) is 3.02. The maximum Gasteiger partial charge on any atom is 0.251 e. The molecule has 7 nitrogen and oxygen atoms in total. The summed E-state index contributed by atoms with van der Waals surface area (Å²) < 4.78 is 1.99. The molecule has 0 saturated heterocycles. The molecule has 0 fully saturated rings. The van der Waals surface area contributed by atoms with Crippen molar-refractivity contribution in [2.24, 2.45) is 12.0 Å². The second kappa shape index (κ2) is 11.4. The SMILES string of the molecule is CCNC(=NCc1ccn(C)c1)NCCNC(=O)c1ccc(O)cc1.I. The Kier molecular flexibility index (Phi) is 9.56. The fraction of sp³-hybridized carbons (Fsp3) is 0.333. The second-order valence-corrected chi connectivity index (χ2v) is 5.61. The number of hydrogen-bond donors (Lipinski definition) is 4. The lowest BCUT2D eigenvalue weighted by Gasteiger charge is -2.11. The molecule has 0 unspecified atom stereocenters. The highest BCUT2D eigenvalue weighted by atomic mass is 127. The van der Waals surface area contributed by atoms with E-state index in [-0.39, 0.29) is 35.6 Å². The molecule has 1 aromatic heterocycles. The molecule has 0 spiro atoms. The number of halogens is 1. The summed E-state index contributed by atoms with van der Waals surface area (Å²) >= 11 is 0. The van der Waals surface area contributed by atoms with Gasteiger partial charge in [0.25, 0.3) is 5.91 Å². The molecular formula is C18H26IN5O2. The Bertz CT molecular complexity index is 713. The maximum absolute atomic E-state index is 12.0. The Morgan fingerprint density at radius 2 is 1.81 bits per heavy atom. The van der Waals surface area contributed by atoms with Crippen LogP contribution in [0.4, 0.5) is 0 Å².